The summed E-state index contributed by atoms with van der Waals surface area (Å²) in [5.74, 6) is 1.32. The van der Waals surface area contributed by atoms with Crippen molar-refractivity contribution in [3.8, 4) is 0 Å². The Morgan fingerprint density at radius 1 is 1.25 bits per heavy atom. The number of fused-ring (bicyclic) bond motifs is 1. The fraction of sp³-hybridized carbons (Fsp3) is 0.438. The minimum atomic E-state index is -0.194. The molecule has 1 aliphatic heterocycles. The van der Waals surface area contributed by atoms with E-state index in [1.54, 1.807) is 18.2 Å². The molecule has 0 unspecified atom stereocenters. The molecule has 2 aromatic heterocycles. The highest BCUT2D eigenvalue weighted by molar-refractivity contribution is 5.64. The van der Waals surface area contributed by atoms with Crippen molar-refractivity contribution < 1.29 is 9.84 Å². The third kappa shape index (κ3) is 2.98. The van der Waals surface area contributed by atoms with Gasteiger partial charge in [0.15, 0.2) is 5.82 Å². The normalized spacial score (nSPS) is 19.3. The lowest BCUT2D eigenvalue weighted by Gasteiger charge is -2.26. The third-order valence-corrected chi connectivity index (χ3v) is 4.30. The summed E-state index contributed by atoms with van der Waals surface area (Å²) in [4.78, 5) is 22.2. The second-order valence-electron chi connectivity index (χ2n) is 6.04. The second-order valence-corrected chi connectivity index (χ2v) is 6.04. The number of ether oxygens (including phenoxy) is 1. The van der Waals surface area contributed by atoms with E-state index in [1.807, 2.05) is 0 Å². The van der Waals surface area contributed by atoms with E-state index in [1.165, 1.54) is 4.52 Å². The fourth-order valence-electron chi connectivity index (χ4n) is 2.97. The highest BCUT2D eigenvalue weighted by Crippen LogP contribution is 2.23. The maximum atomic E-state index is 12.3. The van der Waals surface area contributed by atoms with Gasteiger partial charge in [-0.05, 0) is 18.1 Å². The van der Waals surface area contributed by atoms with Crippen LogP contribution >= 0.6 is 0 Å². The molecule has 0 atom stereocenters. The quantitative estimate of drug-likeness (QED) is 0.867. The second kappa shape index (κ2) is 6.21. The molecule has 0 bridgehead atoms. The van der Waals surface area contributed by atoms with Crippen LogP contribution in [0.2, 0.25) is 0 Å². The van der Waals surface area contributed by atoms with Crippen LogP contribution in [0.5, 0.6) is 0 Å². The molecule has 0 aromatic carbocycles. The molecule has 2 aromatic rings. The molecule has 24 heavy (non-hydrogen) atoms. The van der Waals surface area contributed by atoms with Gasteiger partial charge in [0, 0.05) is 37.8 Å². The van der Waals surface area contributed by atoms with Crippen LogP contribution in [0.15, 0.2) is 28.8 Å². The first-order valence-electron chi connectivity index (χ1n) is 8.07. The smallest absolute Gasteiger partial charge is 0.275 e. The summed E-state index contributed by atoms with van der Waals surface area (Å²) >= 11 is 0. The molecule has 1 saturated heterocycles. The zero-order chi connectivity index (χ0) is 16.5. The van der Waals surface area contributed by atoms with Crippen molar-refractivity contribution in [3.05, 3.63) is 45.8 Å². The van der Waals surface area contributed by atoms with Crippen LogP contribution in [0.4, 0.5) is 0 Å². The molecule has 3 heterocycles. The van der Waals surface area contributed by atoms with Crippen LogP contribution in [-0.4, -0.2) is 55.9 Å². The molecule has 1 fully saturated rings. The van der Waals surface area contributed by atoms with Crippen LogP contribution in [0.25, 0.3) is 11.4 Å². The van der Waals surface area contributed by atoms with Gasteiger partial charge in [0.25, 0.3) is 5.56 Å². The topological polar surface area (TPSA) is 95.8 Å². The average Bonchev–Trinajstić information content (AvgIpc) is 3.01. The van der Waals surface area contributed by atoms with Crippen LogP contribution in [-0.2, 0) is 11.3 Å². The highest BCUT2D eigenvalue weighted by atomic mass is 16.5. The summed E-state index contributed by atoms with van der Waals surface area (Å²) in [5.41, 5.74) is 1.54. The number of aromatic nitrogens is 4. The number of aromatic amines is 1. The molecule has 1 aliphatic carbocycles. The van der Waals surface area contributed by atoms with E-state index in [2.05, 4.69) is 20.0 Å². The van der Waals surface area contributed by atoms with Gasteiger partial charge in [0.1, 0.15) is 0 Å². The Labute approximate surface area is 138 Å². The number of nitrogens with one attached hydrogen (secondary N) is 1. The number of hydrogen-bond acceptors (Lipinski definition) is 6. The van der Waals surface area contributed by atoms with Crippen molar-refractivity contribution in [3.63, 3.8) is 0 Å². The lowest BCUT2D eigenvalue weighted by molar-refractivity contribution is 0.0336. The van der Waals surface area contributed by atoms with Crippen molar-refractivity contribution in [2.75, 3.05) is 26.3 Å². The van der Waals surface area contributed by atoms with E-state index in [4.69, 9.17) is 4.74 Å². The van der Waals surface area contributed by atoms with Crippen molar-refractivity contribution >= 4 is 11.4 Å². The summed E-state index contributed by atoms with van der Waals surface area (Å²) in [7, 11) is 0. The number of allylic oxidation sites excluding steroid dienone is 4. The first kappa shape index (κ1) is 15.1. The van der Waals surface area contributed by atoms with Gasteiger partial charge in [-0.3, -0.25) is 9.69 Å². The van der Waals surface area contributed by atoms with Gasteiger partial charge in [0.2, 0.25) is 5.78 Å². The molecule has 0 amide bonds. The van der Waals surface area contributed by atoms with Crippen molar-refractivity contribution in [1.82, 2.24) is 24.5 Å². The van der Waals surface area contributed by atoms with Gasteiger partial charge in [-0.25, -0.2) is 0 Å². The summed E-state index contributed by atoms with van der Waals surface area (Å²) in [5, 5.41) is 13.7. The SMILES string of the molecule is O=c1cc(CN2CCOCC2)[nH]c2nc(C3=CC=C(O)CC3)nn12. The van der Waals surface area contributed by atoms with Gasteiger partial charge < -0.3 is 14.8 Å². The van der Waals surface area contributed by atoms with Crippen molar-refractivity contribution in [1.29, 1.82) is 0 Å². The maximum Gasteiger partial charge on any atom is 0.275 e. The van der Waals surface area contributed by atoms with Crippen LogP contribution in [0, 0.1) is 0 Å². The largest absolute Gasteiger partial charge is 0.512 e. The van der Waals surface area contributed by atoms with Gasteiger partial charge in [-0.2, -0.15) is 9.50 Å². The Kier molecular flexibility index (Phi) is 3.91. The number of nitrogens with zero attached hydrogens (tertiary/aromatic N) is 4. The molecule has 8 nitrogen and oxygen atoms in total. The summed E-state index contributed by atoms with van der Waals surface area (Å²) < 4.78 is 6.63. The Morgan fingerprint density at radius 2 is 2.08 bits per heavy atom. The number of aliphatic hydroxyl groups is 1. The molecular weight excluding hydrogens is 310 g/mol. The molecule has 2 aliphatic rings. The Balaban J connectivity index is 1.64. The third-order valence-electron chi connectivity index (χ3n) is 4.30. The van der Waals surface area contributed by atoms with Gasteiger partial charge in [0.05, 0.1) is 19.0 Å². The van der Waals surface area contributed by atoms with Crippen molar-refractivity contribution in [2.24, 2.45) is 0 Å². The predicted octanol–water partition coefficient (Wildman–Crippen LogP) is 0.869. The van der Waals surface area contributed by atoms with E-state index in [9.17, 15) is 9.90 Å². The van der Waals surface area contributed by atoms with Gasteiger partial charge in [-0.1, -0.05) is 6.08 Å². The van der Waals surface area contributed by atoms with Crippen LogP contribution < -0.4 is 5.56 Å². The van der Waals surface area contributed by atoms with E-state index >= 15 is 0 Å². The highest BCUT2D eigenvalue weighted by Gasteiger charge is 2.16. The molecule has 2 N–H and O–H groups in total. The zero-order valence-corrected chi connectivity index (χ0v) is 13.2. The van der Waals surface area contributed by atoms with Gasteiger partial charge >= 0.3 is 0 Å². The number of aliphatic hydroxyl groups excluding tert-OH is 1. The number of rotatable bonds is 3. The van der Waals surface area contributed by atoms with Crippen molar-refractivity contribution in [2.45, 2.75) is 19.4 Å². The molecular formula is C16H19N5O3. The Bertz CT molecular complexity index is 873. The molecule has 126 valence electrons. The molecule has 0 radical (unpaired) electrons. The van der Waals surface area contributed by atoms with E-state index in [0.29, 0.717) is 36.7 Å². The van der Waals surface area contributed by atoms with E-state index in [-0.39, 0.29) is 5.56 Å². The predicted molar refractivity (Wildman–Crippen MR) is 87.6 cm³/mol. The first-order chi connectivity index (χ1) is 11.7. The molecule has 4 rings (SSSR count). The summed E-state index contributed by atoms with van der Waals surface area (Å²) in [6.45, 7) is 3.81. The molecule has 0 spiro atoms. The number of H-pyrrole nitrogens is 1. The minimum Gasteiger partial charge on any atom is -0.512 e. The molecule has 0 saturated carbocycles. The van der Waals surface area contributed by atoms with Crippen LogP contribution in [0.1, 0.15) is 24.4 Å². The zero-order valence-electron chi connectivity index (χ0n) is 13.2. The summed E-state index contributed by atoms with van der Waals surface area (Å²) in [6, 6.07) is 1.57. The number of hydrogen-bond donors (Lipinski definition) is 2. The van der Waals surface area contributed by atoms with E-state index in [0.717, 1.165) is 37.6 Å². The van der Waals surface area contributed by atoms with Gasteiger partial charge in [-0.15, -0.1) is 5.10 Å². The summed E-state index contributed by atoms with van der Waals surface area (Å²) in [6.07, 6.45) is 4.68. The minimum absolute atomic E-state index is 0.194. The monoisotopic (exact) mass is 329 g/mol. The lowest BCUT2D eigenvalue weighted by atomic mass is 10.0. The lowest BCUT2D eigenvalue weighted by Crippen LogP contribution is -2.36. The first-order valence-corrected chi connectivity index (χ1v) is 8.07. The Hall–Kier alpha value is -2.45. The molecule has 8 heteroatoms. The van der Waals surface area contributed by atoms with Crippen LogP contribution in [0.3, 0.4) is 0 Å². The fourth-order valence-corrected chi connectivity index (χ4v) is 2.97. The number of morpholine rings is 1. The van der Waals surface area contributed by atoms with E-state index < -0.39 is 0 Å². The average molecular weight is 329 g/mol. The maximum absolute atomic E-state index is 12.3. The Morgan fingerprint density at radius 3 is 2.83 bits per heavy atom. The standard InChI is InChI=1S/C16H19N5O3/c22-13-3-1-11(2-4-13)15-18-16-17-12(9-14(23)21(16)19-15)10-20-5-7-24-8-6-20/h1,3,9,22H,2,4-8,10H2,(H,17,18,19).